The molecule has 1 saturated heterocycles. The van der Waals surface area contributed by atoms with Crippen molar-refractivity contribution in [3.05, 3.63) is 41.5 Å². The Hall–Kier alpha value is -1.90. The van der Waals surface area contributed by atoms with E-state index >= 15 is 0 Å². The first-order valence-corrected chi connectivity index (χ1v) is 8.12. The number of likely N-dealkylation sites (N-methyl/N-ethyl adjacent to an activating group) is 1. The first-order valence-electron chi connectivity index (χ1n) is 8.12. The normalized spacial score (nSPS) is 18.0. The van der Waals surface area contributed by atoms with Gasteiger partial charge in [0, 0.05) is 33.3 Å². The molecule has 3 rings (SSSR count). The minimum atomic E-state index is -0.241. The van der Waals surface area contributed by atoms with Crippen LogP contribution >= 0.6 is 0 Å². The molecule has 2 heterocycles. The third-order valence-corrected chi connectivity index (χ3v) is 4.40. The second-order valence-corrected chi connectivity index (χ2v) is 6.05. The summed E-state index contributed by atoms with van der Waals surface area (Å²) in [6.07, 6.45) is 0. The topological polar surface area (TPSA) is 59.3 Å². The van der Waals surface area contributed by atoms with Crippen molar-refractivity contribution in [2.75, 3.05) is 46.9 Å². The second-order valence-electron chi connectivity index (χ2n) is 6.05. The summed E-state index contributed by atoms with van der Waals surface area (Å²) in [5, 5.41) is 12.2. The molecule has 0 radical (unpaired) electrons. The quantitative estimate of drug-likeness (QED) is 0.779. The average Bonchev–Trinajstić information content (AvgIpc) is 3.05. The lowest BCUT2D eigenvalue weighted by Gasteiger charge is -2.37. The lowest BCUT2D eigenvalue weighted by atomic mass is 10.0. The van der Waals surface area contributed by atoms with Crippen molar-refractivity contribution in [3.63, 3.8) is 0 Å². The van der Waals surface area contributed by atoms with Crippen LogP contribution in [0.2, 0.25) is 0 Å². The molecule has 1 aromatic heterocycles. The maximum Gasteiger partial charge on any atom is 0.173 e. The van der Waals surface area contributed by atoms with E-state index in [1.807, 2.05) is 12.1 Å². The molecular formula is C16H23FN6O. The van der Waals surface area contributed by atoms with Gasteiger partial charge < -0.3 is 9.64 Å². The zero-order valence-electron chi connectivity index (χ0n) is 14.1. The molecule has 24 heavy (non-hydrogen) atoms. The number of rotatable bonds is 6. The van der Waals surface area contributed by atoms with Crippen LogP contribution in [0.5, 0.6) is 0 Å². The molecule has 1 aliphatic heterocycles. The molecule has 7 nitrogen and oxygen atoms in total. The molecule has 2 aromatic rings. The monoisotopic (exact) mass is 334 g/mol. The van der Waals surface area contributed by atoms with Crippen LogP contribution in [0.4, 0.5) is 4.39 Å². The van der Waals surface area contributed by atoms with Crippen molar-refractivity contribution in [3.8, 4) is 0 Å². The van der Waals surface area contributed by atoms with Crippen molar-refractivity contribution in [2.24, 2.45) is 0 Å². The second kappa shape index (κ2) is 7.78. The van der Waals surface area contributed by atoms with Crippen LogP contribution in [-0.2, 0) is 11.3 Å². The maximum absolute atomic E-state index is 13.3. The van der Waals surface area contributed by atoms with Gasteiger partial charge in [-0.2, -0.15) is 0 Å². The Balaban J connectivity index is 1.92. The summed E-state index contributed by atoms with van der Waals surface area (Å²) >= 11 is 0. The van der Waals surface area contributed by atoms with Crippen molar-refractivity contribution in [1.29, 1.82) is 0 Å². The van der Waals surface area contributed by atoms with E-state index in [2.05, 4.69) is 32.4 Å². The van der Waals surface area contributed by atoms with Gasteiger partial charge in [0.1, 0.15) is 5.82 Å². The van der Waals surface area contributed by atoms with Gasteiger partial charge in [-0.1, -0.05) is 12.1 Å². The van der Waals surface area contributed by atoms with E-state index in [9.17, 15) is 4.39 Å². The van der Waals surface area contributed by atoms with E-state index in [1.54, 1.807) is 11.8 Å². The summed E-state index contributed by atoms with van der Waals surface area (Å²) in [5.74, 6) is 0.526. The number of methoxy groups -OCH3 is 1. The number of nitrogens with zero attached hydrogens (tertiary/aromatic N) is 6. The standard InChI is InChI=1S/C16H23FN6O/c1-21-7-9-22(10-8-21)15(13-3-5-14(17)6-4-13)16-18-19-20-23(16)11-12-24-2/h3-6,15H,7-12H2,1-2H3/t15-/m1/s1. The zero-order chi connectivity index (χ0) is 16.9. The molecule has 130 valence electrons. The Bertz CT molecular complexity index is 638. The number of benzene rings is 1. The SMILES string of the molecule is COCCn1nnnc1[C@@H](c1ccc(F)cc1)N1CCN(C)CC1. The predicted molar refractivity (Wildman–Crippen MR) is 87.0 cm³/mol. The molecular weight excluding hydrogens is 311 g/mol. The van der Waals surface area contributed by atoms with Crippen LogP contribution in [0.25, 0.3) is 0 Å². The average molecular weight is 334 g/mol. The van der Waals surface area contributed by atoms with Crippen LogP contribution in [0.3, 0.4) is 0 Å². The summed E-state index contributed by atoms with van der Waals surface area (Å²) in [6, 6.07) is 6.51. The summed E-state index contributed by atoms with van der Waals surface area (Å²) < 4.78 is 20.3. The molecule has 0 bridgehead atoms. The van der Waals surface area contributed by atoms with Gasteiger partial charge in [-0.15, -0.1) is 5.10 Å². The molecule has 8 heteroatoms. The summed E-state index contributed by atoms with van der Waals surface area (Å²) in [6.45, 7) is 4.92. The van der Waals surface area contributed by atoms with Crippen LogP contribution in [-0.4, -0.2) is 77.0 Å². The van der Waals surface area contributed by atoms with Gasteiger partial charge in [0.05, 0.1) is 19.2 Å². The Labute approximate surface area is 141 Å². The molecule has 0 aliphatic carbocycles. The largest absolute Gasteiger partial charge is 0.383 e. The number of piperazine rings is 1. The molecule has 0 saturated carbocycles. The fraction of sp³-hybridized carbons (Fsp3) is 0.562. The number of hydrogen-bond acceptors (Lipinski definition) is 6. The van der Waals surface area contributed by atoms with Gasteiger partial charge in [0.25, 0.3) is 0 Å². The predicted octanol–water partition coefficient (Wildman–Crippen LogP) is 0.795. The van der Waals surface area contributed by atoms with E-state index < -0.39 is 0 Å². The van der Waals surface area contributed by atoms with E-state index in [1.165, 1.54) is 12.1 Å². The molecule has 1 atom stereocenters. The maximum atomic E-state index is 13.3. The third kappa shape index (κ3) is 3.77. The number of hydrogen-bond donors (Lipinski definition) is 0. The third-order valence-electron chi connectivity index (χ3n) is 4.40. The lowest BCUT2D eigenvalue weighted by molar-refractivity contribution is 0.119. The van der Waals surface area contributed by atoms with Crippen molar-refractivity contribution in [1.82, 2.24) is 30.0 Å². The number of aromatic nitrogens is 4. The minimum absolute atomic E-state index is 0.0915. The molecule has 0 spiro atoms. The van der Waals surface area contributed by atoms with Crippen LogP contribution in [0, 0.1) is 5.82 Å². The van der Waals surface area contributed by atoms with Gasteiger partial charge in [-0.25, -0.2) is 9.07 Å². The molecule has 1 fully saturated rings. The van der Waals surface area contributed by atoms with Gasteiger partial charge >= 0.3 is 0 Å². The van der Waals surface area contributed by atoms with E-state index in [-0.39, 0.29) is 11.9 Å². The first kappa shape index (κ1) is 16.9. The Morgan fingerprint density at radius 1 is 1.17 bits per heavy atom. The number of ether oxygens (including phenoxy) is 1. The lowest BCUT2D eigenvalue weighted by Crippen LogP contribution is -2.46. The minimum Gasteiger partial charge on any atom is -0.383 e. The van der Waals surface area contributed by atoms with Gasteiger partial charge in [0.2, 0.25) is 0 Å². The van der Waals surface area contributed by atoms with Crippen LogP contribution in [0.1, 0.15) is 17.4 Å². The van der Waals surface area contributed by atoms with Gasteiger partial charge in [0.15, 0.2) is 5.82 Å². The fourth-order valence-corrected chi connectivity index (χ4v) is 2.99. The van der Waals surface area contributed by atoms with Crippen molar-refractivity contribution in [2.45, 2.75) is 12.6 Å². The first-order chi connectivity index (χ1) is 11.7. The molecule has 0 unspecified atom stereocenters. The zero-order valence-corrected chi connectivity index (χ0v) is 14.1. The molecule has 1 aromatic carbocycles. The van der Waals surface area contributed by atoms with Gasteiger partial charge in [-0.3, -0.25) is 4.90 Å². The van der Waals surface area contributed by atoms with Gasteiger partial charge in [-0.05, 0) is 35.2 Å². The highest BCUT2D eigenvalue weighted by atomic mass is 19.1. The Morgan fingerprint density at radius 3 is 2.54 bits per heavy atom. The van der Waals surface area contributed by atoms with E-state index in [4.69, 9.17) is 4.74 Å². The summed E-state index contributed by atoms with van der Waals surface area (Å²) in [4.78, 5) is 4.65. The van der Waals surface area contributed by atoms with E-state index in [0.717, 1.165) is 37.6 Å². The molecule has 0 N–H and O–H groups in total. The fourth-order valence-electron chi connectivity index (χ4n) is 2.99. The molecule has 1 aliphatic rings. The highest BCUT2D eigenvalue weighted by molar-refractivity contribution is 5.25. The highest BCUT2D eigenvalue weighted by Crippen LogP contribution is 2.28. The summed E-state index contributed by atoms with van der Waals surface area (Å²) in [5.41, 5.74) is 0.995. The van der Waals surface area contributed by atoms with Crippen LogP contribution in [0.15, 0.2) is 24.3 Å². The van der Waals surface area contributed by atoms with Crippen molar-refractivity contribution >= 4 is 0 Å². The molecule has 0 amide bonds. The Kier molecular flexibility index (Phi) is 5.49. The van der Waals surface area contributed by atoms with Crippen molar-refractivity contribution < 1.29 is 9.13 Å². The highest BCUT2D eigenvalue weighted by Gasteiger charge is 2.29. The smallest absolute Gasteiger partial charge is 0.173 e. The summed E-state index contributed by atoms with van der Waals surface area (Å²) in [7, 11) is 3.77. The number of tetrazole rings is 1. The van der Waals surface area contributed by atoms with Crippen LogP contribution < -0.4 is 0 Å². The number of halogens is 1. The van der Waals surface area contributed by atoms with E-state index in [0.29, 0.717) is 13.2 Å². The Morgan fingerprint density at radius 2 is 1.88 bits per heavy atom.